The number of fused-ring (bicyclic) bond motifs is 1. The van der Waals surface area contributed by atoms with Crippen molar-refractivity contribution in [2.75, 3.05) is 5.75 Å². The Balaban J connectivity index is 2.13. The summed E-state index contributed by atoms with van der Waals surface area (Å²) in [6.07, 6.45) is -0.148. The maximum atomic E-state index is 11.6. The molecule has 1 aromatic heterocycles. The van der Waals surface area contributed by atoms with Crippen molar-refractivity contribution < 1.29 is 15.0 Å². The quantitative estimate of drug-likeness (QED) is 0.780. The normalized spacial score (nSPS) is 14.0. The minimum atomic E-state index is -1.05. The van der Waals surface area contributed by atoms with Crippen molar-refractivity contribution >= 4 is 27.8 Å². The molecule has 6 heteroatoms. The SMILES string of the molecule is CC(=O)SCCC(O)C(O)c1ccc2c(=O)cc[nH]c2c1. The Morgan fingerprint density at radius 3 is 2.81 bits per heavy atom. The van der Waals surface area contributed by atoms with Gasteiger partial charge in [0.1, 0.15) is 6.10 Å². The zero-order valence-electron chi connectivity index (χ0n) is 11.6. The van der Waals surface area contributed by atoms with Crippen molar-refractivity contribution in [1.29, 1.82) is 0 Å². The van der Waals surface area contributed by atoms with E-state index in [1.165, 1.54) is 13.0 Å². The zero-order chi connectivity index (χ0) is 15.4. The number of hydrogen-bond donors (Lipinski definition) is 3. The Labute approximate surface area is 126 Å². The highest BCUT2D eigenvalue weighted by molar-refractivity contribution is 8.13. The first-order valence-corrected chi connectivity index (χ1v) is 7.58. The standard InChI is InChI=1S/C15H17NO4S/c1-9(17)21-7-5-14(19)15(20)10-2-3-11-12(8-10)16-6-4-13(11)18/h2-4,6,8,14-15,19-20H,5,7H2,1H3,(H,16,18). The molecule has 2 aromatic rings. The van der Waals surface area contributed by atoms with Crippen molar-refractivity contribution in [1.82, 2.24) is 4.98 Å². The molecule has 0 saturated heterocycles. The first kappa shape index (κ1) is 15.8. The summed E-state index contributed by atoms with van der Waals surface area (Å²) in [5.74, 6) is 0.456. The van der Waals surface area contributed by atoms with E-state index in [2.05, 4.69) is 4.98 Å². The van der Waals surface area contributed by atoms with Gasteiger partial charge >= 0.3 is 0 Å². The topological polar surface area (TPSA) is 90.4 Å². The summed E-state index contributed by atoms with van der Waals surface area (Å²) < 4.78 is 0. The largest absolute Gasteiger partial charge is 0.390 e. The number of aromatic nitrogens is 1. The first-order valence-electron chi connectivity index (χ1n) is 6.60. The molecule has 2 atom stereocenters. The van der Waals surface area contributed by atoms with Gasteiger partial charge in [-0.15, -0.1) is 0 Å². The van der Waals surface area contributed by atoms with Gasteiger partial charge in [-0.05, 0) is 24.1 Å². The molecular weight excluding hydrogens is 290 g/mol. The first-order chi connectivity index (χ1) is 9.99. The summed E-state index contributed by atoms with van der Waals surface area (Å²) in [5, 5.41) is 20.6. The van der Waals surface area contributed by atoms with Crippen LogP contribution in [0.3, 0.4) is 0 Å². The van der Waals surface area contributed by atoms with E-state index in [0.717, 1.165) is 11.8 Å². The Morgan fingerprint density at radius 1 is 1.33 bits per heavy atom. The van der Waals surface area contributed by atoms with Crippen LogP contribution in [-0.2, 0) is 4.79 Å². The van der Waals surface area contributed by atoms with E-state index in [1.54, 1.807) is 24.4 Å². The molecule has 2 rings (SSSR count). The molecule has 3 N–H and O–H groups in total. The molecule has 0 amide bonds. The number of pyridine rings is 1. The minimum Gasteiger partial charge on any atom is -0.390 e. The van der Waals surface area contributed by atoms with Gasteiger partial charge in [-0.3, -0.25) is 9.59 Å². The highest BCUT2D eigenvalue weighted by Gasteiger charge is 2.19. The smallest absolute Gasteiger partial charge is 0.189 e. The maximum absolute atomic E-state index is 11.6. The maximum Gasteiger partial charge on any atom is 0.189 e. The molecule has 1 heterocycles. The number of hydrogen-bond acceptors (Lipinski definition) is 5. The molecule has 0 radical (unpaired) electrons. The van der Waals surface area contributed by atoms with E-state index in [4.69, 9.17) is 0 Å². The van der Waals surface area contributed by atoms with Crippen LogP contribution in [-0.4, -0.2) is 32.2 Å². The van der Waals surface area contributed by atoms with Crippen LogP contribution in [0.1, 0.15) is 25.0 Å². The number of carbonyl (C=O) groups is 1. The lowest BCUT2D eigenvalue weighted by atomic mass is 10.0. The average molecular weight is 307 g/mol. The number of thioether (sulfide) groups is 1. The fourth-order valence-electron chi connectivity index (χ4n) is 2.08. The Bertz CT molecular complexity index is 697. The number of H-pyrrole nitrogens is 1. The second-order valence-corrected chi connectivity index (χ2v) is 6.06. The van der Waals surface area contributed by atoms with Crippen molar-refractivity contribution in [2.24, 2.45) is 0 Å². The van der Waals surface area contributed by atoms with Gasteiger partial charge in [0.15, 0.2) is 10.5 Å². The molecular formula is C15H17NO4S. The third kappa shape index (κ3) is 3.93. The predicted octanol–water partition coefficient (Wildman–Crippen LogP) is 1.59. The van der Waals surface area contributed by atoms with Crippen LogP contribution in [0.25, 0.3) is 10.9 Å². The molecule has 0 aliphatic carbocycles. The number of carbonyl (C=O) groups excluding carboxylic acids is 1. The van der Waals surface area contributed by atoms with E-state index < -0.39 is 12.2 Å². The van der Waals surface area contributed by atoms with E-state index in [-0.39, 0.29) is 10.5 Å². The minimum absolute atomic E-state index is 0.0139. The van der Waals surface area contributed by atoms with Crippen LogP contribution in [0, 0.1) is 0 Å². The average Bonchev–Trinajstić information content (AvgIpc) is 2.46. The molecule has 0 aliphatic heterocycles. The monoisotopic (exact) mass is 307 g/mol. The highest BCUT2D eigenvalue weighted by Crippen LogP contribution is 2.22. The van der Waals surface area contributed by atoms with E-state index in [1.807, 2.05) is 0 Å². The number of nitrogens with one attached hydrogen (secondary N) is 1. The summed E-state index contributed by atoms with van der Waals surface area (Å²) in [7, 11) is 0. The van der Waals surface area contributed by atoms with E-state index >= 15 is 0 Å². The van der Waals surface area contributed by atoms with Crippen LogP contribution in [0.5, 0.6) is 0 Å². The second-order valence-electron chi connectivity index (χ2n) is 4.79. The fraction of sp³-hybridized carbons (Fsp3) is 0.333. The van der Waals surface area contributed by atoms with Gasteiger partial charge in [0.2, 0.25) is 0 Å². The van der Waals surface area contributed by atoms with E-state index in [9.17, 15) is 19.8 Å². The Morgan fingerprint density at radius 2 is 2.10 bits per heavy atom. The van der Waals surface area contributed by atoms with Gasteiger partial charge in [-0.25, -0.2) is 0 Å². The molecule has 5 nitrogen and oxygen atoms in total. The van der Waals surface area contributed by atoms with Gasteiger partial charge in [-0.2, -0.15) is 0 Å². The van der Waals surface area contributed by atoms with Crippen LogP contribution < -0.4 is 5.43 Å². The van der Waals surface area contributed by atoms with Gasteiger partial charge < -0.3 is 15.2 Å². The van der Waals surface area contributed by atoms with Crippen LogP contribution in [0.4, 0.5) is 0 Å². The highest BCUT2D eigenvalue weighted by atomic mass is 32.2. The fourth-order valence-corrected chi connectivity index (χ4v) is 2.73. The van der Waals surface area contributed by atoms with Gasteiger partial charge in [0.25, 0.3) is 0 Å². The Kier molecular flexibility index (Phi) is 5.17. The summed E-state index contributed by atoms with van der Waals surface area (Å²) in [6, 6.07) is 6.35. The lowest BCUT2D eigenvalue weighted by Crippen LogP contribution is -2.19. The zero-order valence-corrected chi connectivity index (χ0v) is 12.4. The number of aromatic amines is 1. The number of aliphatic hydroxyl groups excluding tert-OH is 2. The predicted molar refractivity (Wildman–Crippen MR) is 83.3 cm³/mol. The molecule has 2 unspecified atom stereocenters. The van der Waals surface area contributed by atoms with Crippen molar-refractivity contribution in [2.45, 2.75) is 25.6 Å². The third-order valence-electron chi connectivity index (χ3n) is 3.21. The van der Waals surface area contributed by atoms with E-state index in [0.29, 0.717) is 28.6 Å². The van der Waals surface area contributed by atoms with Crippen LogP contribution >= 0.6 is 11.8 Å². The second kappa shape index (κ2) is 6.89. The van der Waals surface area contributed by atoms with Gasteiger partial charge in [-0.1, -0.05) is 17.8 Å². The Hall–Kier alpha value is -1.63. The molecule has 0 spiro atoms. The number of benzene rings is 1. The molecule has 0 aliphatic rings. The molecule has 21 heavy (non-hydrogen) atoms. The lowest BCUT2D eigenvalue weighted by molar-refractivity contribution is -0.109. The lowest BCUT2D eigenvalue weighted by Gasteiger charge is -2.18. The summed E-state index contributed by atoms with van der Waals surface area (Å²) >= 11 is 1.12. The molecule has 0 fully saturated rings. The molecule has 112 valence electrons. The summed E-state index contributed by atoms with van der Waals surface area (Å²) in [4.78, 5) is 25.4. The molecule has 1 aromatic carbocycles. The molecule has 0 saturated carbocycles. The third-order valence-corrected chi connectivity index (χ3v) is 4.05. The number of rotatable bonds is 5. The van der Waals surface area contributed by atoms with Crippen molar-refractivity contribution in [3.8, 4) is 0 Å². The molecule has 0 bridgehead atoms. The van der Waals surface area contributed by atoms with Crippen molar-refractivity contribution in [3.63, 3.8) is 0 Å². The van der Waals surface area contributed by atoms with Crippen LogP contribution in [0.2, 0.25) is 0 Å². The summed E-state index contributed by atoms with van der Waals surface area (Å²) in [6.45, 7) is 1.47. The summed E-state index contributed by atoms with van der Waals surface area (Å²) in [5.41, 5.74) is 1.05. The van der Waals surface area contributed by atoms with Crippen LogP contribution in [0.15, 0.2) is 35.3 Å². The van der Waals surface area contributed by atoms with Crippen molar-refractivity contribution in [3.05, 3.63) is 46.2 Å². The van der Waals surface area contributed by atoms with Gasteiger partial charge in [0.05, 0.1) is 6.10 Å². The van der Waals surface area contributed by atoms with Gasteiger partial charge in [0, 0.05) is 35.8 Å². The number of aliphatic hydroxyl groups is 2.